The number of carbonyl (C=O) groups excluding carboxylic acids is 1. The van der Waals surface area contributed by atoms with Crippen LogP contribution in [0.2, 0.25) is 5.02 Å². The highest BCUT2D eigenvalue weighted by molar-refractivity contribution is 8.03. The maximum absolute atomic E-state index is 13.3. The summed E-state index contributed by atoms with van der Waals surface area (Å²) in [6, 6.07) is 14.2. The van der Waals surface area contributed by atoms with Crippen LogP contribution in [-0.2, 0) is 4.79 Å². The molecular formula is C25H29ClN2O4S. The van der Waals surface area contributed by atoms with Crippen LogP contribution >= 0.6 is 23.4 Å². The lowest BCUT2D eigenvalue weighted by atomic mass is 9.71. The number of halogens is 1. The summed E-state index contributed by atoms with van der Waals surface area (Å²) in [4.78, 5) is 25.9. The molecule has 1 amide bonds. The molecule has 2 aromatic rings. The van der Waals surface area contributed by atoms with Crippen LogP contribution in [0.15, 0.2) is 59.0 Å². The molecule has 0 aromatic heterocycles. The molecule has 0 radical (unpaired) electrons. The Kier molecular flexibility index (Phi) is 8.21. The Morgan fingerprint density at radius 1 is 1.24 bits per heavy atom. The van der Waals surface area contributed by atoms with Crippen molar-refractivity contribution in [2.24, 2.45) is 0 Å². The molecule has 0 bridgehead atoms. The summed E-state index contributed by atoms with van der Waals surface area (Å²) in [6.07, 6.45) is 0.730. The highest BCUT2D eigenvalue weighted by Gasteiger charge is 2.56. The molecule has 0 heterocycles. The molecule has 33 heavy (non-hydrogen) atoms. The molecule has 3 rings (SSSR count). The van der Waals surface area contributed by atoms with E-state index < -0.39 is 23.5 Å². The number of amides is 1. The third-order valence-electron chi connectivity index (χ3n) is 6.13. The minimum atomic E-state index is -1.54. The van der Waals surface area contributed by atoms with Crippen LogP contribution in [-0.4, -0.2) is 33.3 Å². The average Bonchev–Trinajstić information content (AvgIpc) is 2.78. The summed E-state index contributed by atoms with van der Waals surface area (Å²) in [5.74, 6) is -0.473. The lowest BCUT2D eigenvalue weighted by Gasteiger charge is -2.39. The second-order valence-corrected chi connectivity index (χ2v) is 10.1. The summed E-state index contributed by atoms with van der Waals surface area (Å²) in [5.41, 5.74) is 0.872. The molecular weight excluding hydrogens is 460 g/mol. The normalized spacial score (nSPS) is 22.8. The highest BCUT2D eigenvalue weighted by Crippen LogP contribution is 2.50. The van der Waals surface area contributed by atoms with E-state index in [1.54, 1.807) is 31.2 Å². The van der Waals surface area contributed by atoms with E-state index in [0.29, 0.717) is 21.4 Å². The van der Waals surface area contributed by atoms with Gasteiger partial charge in [-0.2, -0.15) is 0 Å². The van der Waals surface area contributed by atoms with Gasteiger partial charge < -0.3 is 10.4 Å². The summed E-state index contributed by atoms with van der Waals surface area (Å²) in [7, 11) is 0. The zero-order chi connectivity index (χ0) is 24.2. The zero-order valence-electron chi connectivity index (χ0n) is 19.0. The fraction of sp³-hybridized carbons (Fsp3) is 0.400. The van der Waals surface area contributed by atoms with Crippen LogP contribution in [0.5, 0.6) is 0 Å². The van der Waals surface area contributed by atoms with E-state index in [2.05, 4.69) is 5.32 Å². The van der Waals surface area contributed by atoms with Crippen molar-refractivity contribution in [1.82, 2.24) is 0 Å². The Bertz CT molecular complexity index is 1040. The summed E-state index contributed by atoms with van der Waals surface area (Å²) in [6.45, 7) is 5.57. The van der Waals surface area contributed by atoms with Gasteiger partial charge in [0.25, 0.3) is 11.4 Å². The molecule has 3 atom stereocenters. The van der Waals surface area contributed by atoms with Crippen molar-refractivity contribution in [3.8, 4) is 0 Å². The van der Waals surface area contributed by atoms with Crippen molar-refractivity contribution in [1.29, 1.82) is 0 Å². The molecule has 2 aromatic carbocycles. The number of aliphatic hydroxyl groups is 1. The zero-order valence-corrected chi connectivity index (χ0v) is 20.6. The average molecular weight is 489 g/mol. The van der Waals surface area contributed by atoms with Gasteiger partial charge in [-0.3, -0.25) is 14.9 Å². The van der Waals surface area contributed by atoms with Crippen molar-refractivity contribution in [3.63, 3.8) is 0 Å². The lowest BCUT2D eigenvalue weighted by molar-refractivity contribution is -0.557. The Labute approximate surface area is 203 Å². The quantitative estimate of drug-likeness (QED) is 0.272. The highest BCUT2D eigenvalue weighted by atomic mass is 35.5. The van der Waals surface area contributed by atoms with Gasteiger partial charge >= 0.3 is 0 Å². The first-order chi connectivity index (χ1) is 15.7. The number of carbonyl (C=O) groups is 1. The number of hydrogen-bond donors (Lipinski definition) is 2. The minimum absolute atomic E-state index is 0.0774. The third-order valence-corrected chi connectivity index (χ3v) is 7.79. The van der Waals surface area contributed by atoms with Crippen LogP contribution in [0.3, 0.4) is 0 Å². The van der Waals surface area contributed by atoms with Crippen molar-refractivity contribution >= 4 is 35.0 Å². The van der Waals surface area contributed by atoms with E-state index in [1.807, 2.05) is 38.1 Å². The van der Waals surface area contributed by atoms with Gasteiger partial charge in [0.15, 0.2) is 0 Å². The molecule has 2 N–H and O–H groups in total. The molecule has 176 valence electrons. The second-order valence-electron chi connectivity index (χ2n) is 8.53. The third kappa shape index (κ3) is 5.42. The lowest BCUT2D eigenvalue weighted by Crippen LogP contribution is -2.49. The maximum atomic E-state index is 13.3. The monoisotopic (exact) mass is 488 g/mol. The van der Waals surface area contributed by atoms with E-state index in [-0.39, 0.29) is 16.9 Å². The molecule has 0 saturated carbocycles. The summed E-state index contributed by atoms with van der Waals surface area (Å²) < 4.78 is 0. The Morgan fingerprint density at radius 2 is 1.88 bits per heavy atom. The van der Waals surface area contributed by atoms with Crippen LogP contribution in [0.25, 0.3) is 0 Å². The van der Waals surface area contributed by atoms with E-state index >= 15 is 0 Å². The summed E-state index contributed by atoms with van der Waals surface area (Å²) >= 11 is 7.24. The number of hydrogen-bond acceptors (Lipinski definition) is 5. The first-order valence-electron chi connectivity index (χ1n) is 11.0. The predicted molar refractivity (Wildman–Crippen MR) is 134 cm³/mol. The maximum Gasteiger partial charge on any atom is 0.257 e. The Balaban J connectivity index is 2.10. The van der Waals surface area contributed by atoms with Gasteiger partial charge in [-0.15, -0.1) is 11.8 Å². The molecule has 0 aliphatic heterocycles. The van der Waals surface area contributed by atoms with Gasteiger partial charge in [0.1, 0.15) is 0 Å². The number of nitro groups is 1. The number of aliphatic hydroxyl groups excluding tert-OH is 1. The van der Waals surface area contributed by atoms with E-state index in [0.717, 1.165) is 24.0 Å². The predicted octanol–water partition coefficient (Wildman–Crippen LogP) is 5.96. The standard InChI is InChI=1S/C25H29ClN2O4S/c1-4-5-14-33-23-22(24(30)27-19-12-10-18(26)11-13-19)21(29)15-20(25(23,3)28(31)32)17-8-6-16(2)7-9-17/h6-13,20-21,29H,4-5,14-15H2,1-3H3,(H,27,30). The number of nitrogens with zero attached hydrogens (tertiary/aromatic N) is 1. The van der Waals surface area contributed by atoms with E-state index in [1.165, 1.54) is 11.8 Å². The fourth-order valence-electron chi connectivity index (χ4n) is 4.15. The van der Waals surface area contributed by atoms with Crippen molar-refractivity contribution in [3.05, 3.63) is 85.3 Å². The molecule has 8 heteroatoms. The van der Waals surface area contributed by atoms with Crippen molar-refractivity contribution in [2.75, 3.05) is 11.1 Å². The first kappa shape index (κ1) is 25.3. The van der Waals surface area contributed by atoms with Crippen LogP contribution < -0.4 is 5.32 Å². The molecule has 1 aliphatic rings. The molecule has 0 fully saturated rings. The van der Waals surface area contributed by atoms with E-state index in [4.69, 9.17) is 11.6 Å². The fourth-order valence-corrected chi connectivity index (χ4v) is 5.81. The second kappa shape index (κ2) is 10.7. The van der Waals surface area contributed by atoms with Crippen LogP contribution in [0.4, 0.5) is 5.69 Å². The van der Waals surface area contributed by atoms with Gasteiger partial charge in [0.2, 0.25) is 0 Å². The number of benzene rings is 2. The van der Waals surface area contributed by atoms with Gasteiger partial charge in [-0.1, -0.05) is 54.8 Å². The number of nitrogens with one attached hydrogen (secondary N) is 1. The smallest absolute Gasteiger partial charge is 0.257 e. The Hall–Kier alpha value is -2.35. The van der Waals surface area contributed by atoms with E-state index in [9.17, 15) is 20.0 Å². The Morgan fingerprint density at radius 3 is 2.45 bits per heavy atom. The van der Waals surface area contributed by atoms with Gasteiger partial charge in [-0.05, 0) is 55.3 Å². The molecule has 0 spiro atoms. The van der Waals surface area contributed by atoms with Crippen molar-refractivity contribution in [2.45, 2.75) is 57.6 Å². The molecule has 0 saturated heterocycles. The van der Waals surface area contributed by atoms with Crippen LogP contribution in [0.1, 0.15) is 50.2 Å². The molecule has 1 aliphatic carbocycles. The molecule has 6 nitrogen and oxygen atoms in total. The number of aryl methyl sites for hydroxylation is 1. The van der Waals surface area contributed by atoms with Crippen LogP contribution in [0, 0.1) is 17.0 Å². The first-order valence-corrected chi connectivity index (χ1v) is 12.4. The number of unbranched alkanes of at least 4 members (excludes halogenated alkanes) is 1. The number of thioether (sulfide) groups is 1. The van der Waals surface area contributed by atoms with Gasteiger partial charge in [0, 0.05) is 22.6 Å². The number of anilines is 1. The van der Waals surface area contributed by atoms with Gasteiger partial charge in [-0.25, -0.2) is 0 Å². The minimum Gasteiger partial charge on any atom is -0.388 e. The topological polar surface area (TPSA) is 92.5 Å². The van der Waals surface area contributed by atoms with Gasteiger partial charge in [0.05, 0.1) is 22.5 Å². The SMILES string of the molecule is CCCCSC1=C(C(=O)Nc2ccc(Cl)cc2)C(O)CC(c2ccc(C)cc2)C1(C)[N+](=O)[O-]. The number of rotatable bonds is 8. The largest absolute Gasteiger partial charge is 0.388 e. The van der Waals surface area contributed by atoms with Crippen molar-refractivity contribution < 1.29 is 14.8 Å². The summed E-state index contributed by atoms with van der Waals surface area (Å²) in [5, 5.41) is 27.0. The molecule has 3 unspecified atom stereocenters.